The Bertz CT molecular complexity index is 98.7. The van der Waals surface area contributed by atoms with E-state index in [0.29, 0.717) is 11.5 Å². The summed E-state index contributed by atoms with van der Waals surface area (Å²) in [5, 5.41) is 0. The van der Waals surface area contributed by atoms with Gasteiger partial charge in [0.05, 0.1) is 0 Å². The molecule has 2 aliphatic rings. The Morgan fingerprint density at radius 3 is 1.88 bits per heavy atom. The van der Waals surface area contributed by atoms with Crippen LogP contribution in [0.5, 0.6) is 0 Å². The maximum absolute atomic E-state index is 5.72. The third-order valence-corrected chi connectivity index (χ3v) is 2.63. The van der Waals surface area contributed by atoms with Crippen molar-refractivity contribution in [3.63, 3.8) is 0 Å². The standard InChI is InChI=1S/C6H11N.ClH/c7-5-1-2-6(5)3-4-6;/h5H,1-4,7H2;1H. The average molecular weight is 134 g/mol. The van der Waals surface area contributed by atoms with E-state index >= 15 is 0 Å². The fourth-order valence-electron chi connectivity index (χ4n) is 1.50. The molecule has 2 saturated carbocycles. The first-order chi connectivity index (χ1) is 3.33. The van der Waals surface area contributed by atoms with Crippen molar-refractivity contribution in [2.24, 2.45) is 11.1 Å². The molecule has 2 fully saturated rings. The summed E-state index contributed by atoms with van der Waals surface area (Å²) in [7, 11) is 0. The molecule has 2 rings (SSSR count). The summed E-state index contributed by atoms with van der Waals surface area (Å²) < 4.78 is 0. The third kappa shape index (κ3) is 0.579. The highest BCUT2D eigenvalue weighted by atomic mass is 35.5. The number of hydrogen-bond donors (Lipinski definition) is 1. The van der Waals surface area contributed by atoms with Crippen LogP contribution in [0, 0.1) is 5.41 Å². The molecule has 0 aromatic heterocycles. The molecule has 0 bridgehead atoms. The van der Waals surface area contributed by atoms with E-state index in [9.17, 15) is 0 Å². The summed E-state index contributed by atoms with van der Waals surface area (Å²) in [5.74, 6) is 0. The smallest absolute Gasteiger partial charge is 0.00957 e. The fraction of sp³-hybridized carbons (Fsp3) is 1.00. The molecule has 1 atom stereocenters. The van der Waals surface area contributed by atoms with E-state index in [1.165, 1.54) is 25.7 Å². The van der Waals surface area contributed by atoms with Gasteiger partial charge in [0.2, 0.25) is 0 Å². The normalized spacial score (nSPS) is 37.9. The van der Waals surface area contributed by atoms with Gasteiger partial charge in [-0.05, 0) is 31.1 Å². The lowest BCUT2D eigenvalue weighted by atomic mass is 9.77. The predicted octanol–water partition coefficient (Wildman–Crippen LogP) is 1.31. The molecule has 0 aromatic carbocycles. The van der Waals surface area contributed by atoms with Crippen molar-refractivity contribution in [2.45, 2.75) is 31.7 Å². The Hall–Kier alpha value is 0.250. The zero-order valence-electron chi connectivity index (χ0n) is 4.89. The quantitative estimate of drug-likeness (QED) is 0.530. The van der Waals surface area contributed by atoms with Gasteiger partial charge >= 0.3 is 0 Å². The summed E-state index contributed by atoms with van der Waals surface area (Å²) in [6, 6.07) is 0.590. The molecule has 0 aliphatic heterocycles. The van der Waals surface area contributed by atoms with Crippen molar-refractivity contribution >= 4 is 12.4 Å². The zero-order chi connectivity index (χ0) is 4.91. The van der Waals surface area contributed by atoms with Crippen molar-refractivity contribution in [1.82, 2.24) is 0 Å². The molecule has 2 N–H and O–H groups in total. The van der Waals surface area contributed by atoms with Gasteiger partial charge < -0.3 is 5.73 Å². The molecule has 0 amide bonds. The number of nitrogens with two attached hydrogens (primary N) is 1. The van der Waals surface area contributed by atoms with E-state index in [0.717, 1.165) is 0 Å². The topological polar surface area (TPSA) is 26.0 Å². The van der Waals surface area contributed by atoms with E-state index in [-0.39, 0.29) is 12.4 Å². The first kappa shape index (κ1) is 6.37. The summed E-state index contributed by atoms with van der Waals surface area (Å²) in [4.78, 5) is 0. The van der Waals surface area contributed by atoms with Crippen molar-refractivity contribution in [1.29, 1.82) is 0 Å². The van der Waals surface area contributed by atoms with Crippen LogP contribution in [0.2, 0.25) is 0 Å². The van der Waals surface area contributed by atoms with Crippen LogP contribution in [0.4, 0.5) is 0 Å². The van der Waals surface area contributed by atoms with E-state index in [1.807, 2.05) is 0 Å². The summed E-state index contributed by atoms with van der Waals surface area (Å²) in [5.41, 5.74) is 6.43. The maximum atomic E-state index is 5.72. The van der Waals surface area contributed by atoms with Crippen LogP contribution in [-0.2, 0) is 0 Å². The Morgan fingerprint density at radius 2 is 1.88 bits per heavy atom. The van der Waals surface area contributed by atoms with Crippen LogP contribution in [0.3, 0.4) is 0 Å². The van der Waals surface area contributed by atoms with Crippen LogP contribution >= 0.6 is 12.4 Å². The minimum absolute atomic E-state index is 0. The molecule has 0 saturated heterocycles. The molecule has 1 nitrogen and oxygen atoms in total. The van der Waals surface area contributed by atoms with Crippen molar-refractivity contribution in [3.8, 4) is 0 Å². The summed E-state index contributed by atoms with van der Waals surface area (Å²) >= 11 is 0. The van der Waals surface area contributed by atoms with E-state index in [4.69, 9.17) is 5.73 Å². The largest absolute Gasteiger partial charge is 0.327 e. The molecular formula is C6H12ClN. The molecule has 48 valence electrons. The van der Waals surface area contributed by atoms with Gasteiger partial charge in [0, 0.05) is 6.04 Å². The van der Waals surface area contributed by atoms with Gasteiger partial charge in [0.1, 0.15) is 0 Å². The molecule has 2 heteroatoms. The molecule has 2 aliphatic carbocycles. The van der Waals surface area contributed by atoms with E-state index < -0.39 is 0 Å². The Kier molecular flexibility index (Phi) is 1.28. The number of rotatable bonds is 0. The molecule has 1 unspecified atom stereocenters. The van der Waals surface area contributed by atoms with Gasteiger partial charge in [-0.1, -0.05) is 0 Å². The van der Waals surface area contributed by atoms with Gasteiger partial charge in [-0.25, -0.2) is 0 Å². The van der Waals surface area contributed by atoms with E-state index in [2.05, 4.69) is 0 Å². The van der Waals surface area contributed by atoms with E-state index in [1.54, 1.807) is 0 Å². The number of halogens is 1. The highest BCUT2D eigenvalue weighted by molar-refractivity contribution is 5.85. The lowest BCUT2D eigenvalue weighted by Gasteiger charge is -2.33. The van der Waals surface area contributed by atoms with Crippen molar-refractivity contribution in [3.05, 3.63) is 0 Å². The van der Waals surface area contributed by atoms with Gasteiger partial charge in [-0.15, -0.1) is 12.4 Å². The summed E-state index contributed by atoms with van der Waals surface area (Å²) in [6.07, 6.45) is 5.57. The Labute approximate surface area is 56.0 Å². The summed E-state index contributed by atoms with van der Waals surface area (Å²) in [6.45, 7) is 0. The monoisotopic (exact) mass is 133 g/mol. The molecule has 0 aromatic rings. The molecule has 8 heavy (non-hydrogen) atoms. The third-order valence-electron chi connectivity index (χ3n) is 2.63. The van der Waals surface area contributed by atoms with Crippen LogP contribution in [0.1, 0.15) is 25.7 Å². The molecule has 1 spiro atoms. The first-order valence-corrected chi connectivity index (χ1v) is 3.09. The highest BCUT2D eigenvalue weighted by Crippen LogP contribution is 2.59. The minimum atomic E-state index is 0. The van der Waals surface area contributed by atoms with Gasteiger partial charge in [-0.3, -0.25) is 0 Å². The first-order valence-electron chi connectivity index (χ1n) is 3.09. The van der Waals surface area contributed by atoms with Crippen LogP contribution < -0.4 is 5.73 Å². The molecular weight excluding hydrogens is 122 g/mol. The van der Waals surface area contributed by atoms with Crippen LogP contribution in [0.15, 0.2) is 0 Å². The minimum Gasteiger partial charge on any atom is -0.327 e. The highest BCUT2D eigenvalue weighted by Gasteiger charge is 2.53. The Balaban J connectivity index is 0.000000320. The number of hydrogen-bond acceptors (Lipinski definition) is 1. The second-order valence-electron chi connectivity index (χ2n) is 3.01. The van der Waals surface area contributed by atoms with Gasteiger partial charge in [0.15, 0.2) is 0 Å². The second kappa shape index (κ2) is 1.61. The zero-order valence-corrected chi connectivity index (χ0v) is 5.71. The lowest BCUT2D eigenvalue weighted by Crippen LogP contribution is -2.40. The van der Waals surface area contributed by atoms with Crippen LogP contribution in [-0.4, -0.2) is 6.04 Å². The Morgan fingerprint density at radius 1 is 1.25 bits per heavy atom. The lowest BCUT2D eigenvalue weighted by molar-refractivity contribution is 0.230. The average Bonchev–Trinajstić information content (AvgIpc) is 2.40. The van der Waals surface area contributed by atoms with Gasteiger partial charge in [0.25, 0.3) is 0 Å². The van der Waals surface area contributed by atoms with Crippen LogP contribution in [0.25, 0.3) is 0 Å². The SMILES string of the molecule is Cl.NC1CCC12CC2. The maximum Gasteiger partial charge on any atom is 0.00957 e. The van der Waals surface area contributed by atoms with Crippen molar-refractivity contribution < 1.29 is 0 Å². The van der Waals surface area contributed by atoms with Gasteiger partial charge in [-0.2, -0.15) is 0 Å². The second-order valence-corrected chi connectivity index (χ2v) is 3.01. The predicted molar refractivity (Wildman–Crippen MR) is 36.1 cm³/mol. The molecule has 0 heterocycles. The van der Waals surface area contributed by atoms with Crippen molar-refractivity contribution in [2.75, 3.05) is 0 Å². The fourth-order valence-corrected chi connectivity index (χ4v) is 1.50. The molecule has 0 radical (unpaired) electrons.